The van der Waals surface area contributed by atoms with E-state index in [1.165, 1.54) is 24.8 Å². The molecular weight excluding hydrogens is 489 g/mol. The molecule has 1 aliphatic rings. The highest BCUT2D eigenvalue weighted by atomic mass is 32.2. The standard InChI is InChI=1S/C29H48FN3O3S/c1-7-11-14-25(37-28(31)32-18-12-8-2)26(34)33(6)19-17-29(10-4)21-24(27(35)36-29)20-23(13-9-3)16-15-22(5)30/h12-13,15-16,18,22,24-25H,7-11,14,17,19-21H2,1-6H3,(H2,31,32)/b16-15-,18-12+,23-13+. The second-order valence-electron chi connectivity index (χ2n) is 9.81. The smallest absolute Gasteiger partial charge is 0.309 e. The van der Waals surface area contributed by atoms with Crippen molar-refractivity contribution in [3.05, 3.63) is 36.1 Å². The summed E-state index contributed by atoms with van der Waals surface area (Å²) in [6, 6.07) is 0. The Morgan fingerprint density at radius 3 is 2.65 bits per heavy atom. The van der Waals surface area contributed by atoms with Crippen LogP contribution in [0.1, 0.15) is 92.4 Å². The Morgan fingerprint density at radius 1 is 1.32 bits per heavy atom. The Labute approximate surface area is 228 Å². The number of carbonyl (C=O) groups excluding carboxylic acids is 2. The molecule has 0 aromatic heterocycles. The highest BCUT2D eigenvalue weighted by molar-refractivity contribution is 8.14. The van der Waals surface area contributed by atoms with Gasteiger partial charge in [-0.25, -0.2) is 9.38 Å². The van der Waals surface area contributed by atoms with Crippen LogP contribution in [0.25, 0.3) is 0 Å². The number of carbonyl (C=O) groups is 2. The highest BCUT2D eigenvalue weighted by Crippen LogP contribution is 2.40. The van der Waals surface area contributed by atoms with Crippen LogP contribution in [-0.2, 0) is 14.3 Å². The number of esters is 1. The predicted molar refractivity (Wildman–Crippen MR) is 154 cm³/mol. The number of amides is 1. The van der Waals surface area contributed by atoms with Crippen LogP contribution in [-0.4, -0.2) is 52.6 Å². The minimum absolute atomic E-state index is 0.0156. The third kappa shape index (κ3) is 11.9. The molecule has 2 N–H and O–H groups in total. The minimum atomic E-state index is -1.03. The average Bonchev–Trinajstić information content (AvgIpc) is 3.18. The SMILES string of the molecule is CC/C=C(\C=C/C(C)F)CC1CC(CC)(CCN(C)C(=O)C(CCCC)SC(N)=N/C=C/CC)OC1=O. The third-order valence-electron chi connectivity index (χ3n) is 6.62. The molecule has 0 aromatic carbocycles. The van der Waals surface area contributed by atoms with Gasteiger partial charge in [-0.15, -0.1) is 0 Å². The summed E-state index contributed by atoms with van der Waals surface area (Å²) >= 11 is 1.31. The van der Waals surface area contributed by atoms with Crippen molar-refractivity contribution >= 4 is 28.8 Å². The summed E-state index contributed by atoms with van der Waals surface area (Å²) in [6.07, 6.45) is 14.6. The summed E-state index contributed by atoms with van der Waals surface area (Å²) in [7, 11) is 1.80. The van der Waals surface area contributed by atoms with Gasteiger partial charge < -0.3 is 15.4 Å². The summed E-state index contributed by atoms with van der Waals surface area (Å²) in [5.41, 5.74) is 6.43. The van der Waals surface area contributed by atoms with E-state index in [-0.39, 0.29) is 23.0 Å². The molecule has 1 saturated heterocycles. The topological polar surface area (TPSA) is 85.0 Å². The van der Waals surface area contributed by atoms with E-state index >= 15 is 0 Å². The van der Waals surface area contributed by atoms with E-state index in [1.807, 2.05) is 32.9 Å². The first-order chi connectivity index (χ1) is 17.6. The fourth-order valence-electron chi connectivity index (χ4n) is 4.35. The van der Waals surface area contributed by atoms with Crippen molar-refractivity contribution in [3.63, 3.8) is 0 Å². The van der Waals surface area contributed by atoms with Crippen molar-refractivity contribution < 1.29 is 18.7 Å². The lowest BCUT2D eigenvalue weighted by molar-refractivity contribution is -0.151. The summed E-state index contributed by atoms with van der Waals surface area (Å²) in [4.78, 5) is 32.1. The molecule has 1 heterocycles. The van der Waals surface area contributed by atoms with Crippen molar-refractivity contribution in [2.75, 3.05) is 13.6 Å². The lowest BCUT2D eigenvalue weighted by atomic mass is 9.85. The summed E-state index contributed by atoms with van der Waals surface area (Å²) in [5.74, 6) is -0.458. The fourth-order valence-corrected chi connectivity index (χ4v) is 5.33. The van der Waals surface area contributed by atoms with Gasteiger partial charge in [0.15, 0.2) is 5.17 Å². The van der Waals surface area contributed by atoms with Crippen molar-refractivity contribution in [1.82, 2.24) is 4.90 Å². The normalized spacial score (nSPS) is 22.6. The van der Waals surface area contributed by atoms with Crippen molar-refractivity contribution in [2.24, 2.45) is 16.6 Å². The molecule has 0 radical (unpaired) electrons. The van der Waals surface area contributed by atoms with Gasteiger partial charge in [0.1, 0.15) is 11.8 Å². The lowest BCUT2D eigenvalue weighted by Gasteiger charge is -2.30. The van der Waals surface area contributed by atoms with E-state index in [4.69, 9.17) is 10.5 Å². The van der Waals surface area contributed by atoms with Gasteiger partial charge in [-0.05, 0) is 39.0 Å². The number of alkyl halides is 1. The molecule has 4 atom stereocenters. The van der Waals surface area contributed by atoms with Crippen LogP contribution in [0.4, 0.5) is 4.39 Å². The quantitative estimate of drug-likeness (QED) is 0.102. The molecule has 37 heavy (non-hydrogen) atoms. The minimum Gasteiger partial charge on any atom is -0.459 e. The van der Waals surface area contributed by atoms with Crippen molar-refractivity contribution in [1.29, 1.82) is 0 Å². The first-order valence-corrected chi connectivity index (χ1v) is 14.6. The number of hydrogen-bond acceptors (Lipinski definition) is 5. The Balaban J connectivity index is 2.86. The zero-order valence-electron chi connectivity index (χ0n) is 23.7. The molecule has 0 aromatic rings. The second kappa shape index (κ2) is 17.4. The number of halogens is 1. The number of ether oxygens (including phenoxy) is 1. The number of amidine groups is 1. The summed E-state index contributed by atoms with van der Waals surface area (Å²) in [5, 5.41) is 0.0869. The predicted octanol–water partition coefficient (Wildman–Crippen LogP) is 6.72. The number of nitrogens with zero attached hydrogens (tertiary/aromatic N) is 2. The van der Waals surface area contributed by atoms with E-state index in [9.17, 15) is 14.0 Å². The number of thioether (sulfide) groups is 1. The number of hydrogen-bond donors (Lipinski definition) is 1. The Morgan fingerprint density at radius 2 is 2.05 bits per heavy atom. The molecule has 1 amide bonds. The maximum atomic E-state index is 13.3. The van der Waals surface area contributed by atoms with Crippen LogP contribution in [0.3, 0.4) is 0 Å². The van der Waals surface area contributed by atoms with Crippen molar-refractivity contribution in [3.8, 4) is 0 Å². The van der Waals surface area contributed by atoms with Gasteiger partial charge >= 0.3 is 5.97 Å². The van der Waals surface area contributed by atoms with Gasteiger partial charge in [-0.2, -0.15) is 0 Å². The second-order valence-corrected chi connectivity index (χ2v) is 11.0. The highest BCUT2D eigenvalue weighted by Gasteiger charge is 2.45. The molecule has 6 nitrogen and oxygen atoms in total. The van der Waals surface area contributed by atoms with Gasteiger partial charge in [0.05, 0.1) is 11.2 Å². The van der Waals surface area contributed by atoms with Gasteiger partial charge in [-0.3, -0.25) is 9.59 Å². The number of cyclic esters (lactones) is 1. The largest absolute Gasteiger partial charge is 0.459 e. The van der Waals surface area contributed by atoms with Crippen molar-refractivity contribution in [2.45, 2.75) is 109 Å². The van der Waals surface area contributed by atoms with Crippen LogP contribution >= 0.6 is 11.8 Å². The molecule has 8 heteroatoms. The molecule has 0 aliphatic carbocycles. The molecule has 1 rings (SSSR count). The fraction of sp³-hybridized carbons (Fsp3) is 0.690. The Bertz CT molecular complexity index is 840. The van der Waals surface area contributed by atoms with Crippen LogP contribution in [0.5, 0.6) is 0 Å². The third-order valence-corrected chi connectivity index (χ3v) is 7.69. The average molecular weight is 538 g/mol. The van der Waals surface area contributed by atoms with Crippen LogP contribution in [0, 0.1) is 5.92 Å². The van der Waals surface area contributed by atoms with Gasteiger partial charge in [0.2, 0.25) is 5.91 Å². The lowest BCUT2D eigenvalue weighted by Crippen LogP contribution is -2.40. The van der Waals surface area contributed by atoms with E-state index in [0.29, 0.717) is 37.4 Å². The molecule has 4 unspecified atom stereocenters. The van der Waals surface area contributed by atoms with E-state index < -0.39 is 11.8 Å². The summed E-state index contributed by atoms with van der Waals surface area (Å²) < 4.78 is 19.3. The van der Waals surface area contributed by atoms with Gasteiger partial charge in [-0.1, -0.05) is 82.2 Å². The molecule has 210 valence electrons. The Hall–Kier alpha value is -2.09. The molecule has 0 saturated carbocycles. The van der Waals surface area contributed by atoms with Gasteiger partial charge in [0.25, 0.3) is 0 Å². The van der Waals surface area contributed by atoms with Crippen LogP contribution in [0.2, 0.25) is 0 Å². The summed E-state index contributed by atoms with van der Waals surface area (Å²) in [6.45, 7) is 10.1. The number of allylic oxidation sites excluding steroid dienone is 5. The molecule has 0 spiro atoms. The van der Waals surface area contributed by atoms with Crippen LogP contribution in [0.15, 0.2) is 41.1 Å². The number of aliphatic imine (C=N–C) groups is 1. The van der Waals surface area contributed by atoms with Gasteiger partial charge in [0, 0.05) is 32.6 Å². The first kappa shape index (κ1) is 32.9. The zero-order chi connectivity index (χ0) is 27.8. The first-order valence-electron chi connectivity index (χ1n) is 13.7. The van der Waals surface area contributed by atoms with E-state index in [0.717, 1.165) is 37.7 Å². The molecule has 1 aliphatic heterocycles. The number of rotatable bonds is 16. The number of unbranched alkanes of at least 4 members (excludes halogenated alkanes) is 1. The molecule has 1 fully saturated rings. The monoisotopic (exact) mass is 537 g/mol. The van der Waals surface area contributed by atoms with E-state index in [2.05, 4.69) is 11.9 Å². The number of nitrogens with two attached hydrogens (primary N) is 1. The maximum Gasteiger partial charge on any atom is 0.309 e. The molecular formula is C29H48FN3O3S. The van der Waals surface area contributed by atoms with Crippen LogP contribution < -0.4 is 5.73 Å². The maximum absolute atomic E-state index is 13.3. The van der Waals surface area contributed by atoms with E-state index in [1.54, 1.807) is 24.2 Å². The molecule has 0 bridgehead atoms. The zero-order valence-corrected chi connectivity index (χ0v) is 24.5. The Kier molecular flexibility index (Phi) is 15.5.